The van der Waals surface area contributed by atoms with Crippen LogP contribution < -0.4 is 22.5 Å². The molecule has 0 aromatic carbocycles. The summed E-state index contributed by atoms with van der Waals surface area (Å²) in [5.41, 5.74) is 17.3. The topological polar surface area (TPSA) is 90.1 Å². The Morgan fingerprint density at radius 3 is 2.32 bits per heavy atom. The summed E-state index contributed by atoms with van der Waals surface area (Å²) in [6.45, 7) is 7.05. The monoisotopic (exact) mass is 272 g/mol. The van der Waals surface area contributed by atoms with Crippen LogP contribution in [0.3, 0.4) is 0 Å². The Balaban J connectivity index is 3.52. The largest absolute Gasteiger partial charge is 0.330 e. The van der Waals surface area contributed by atoms with E-state index in [9.17, 15) is 0 Å². The quantitative estimate of drug-likeness (QED) is 0.304. The standard InChI is InChI=1S/C15H36N4/c1-3-14(11-17)10-15(18)19-12-13(2)8-6-4-5-7-9-16/h13-15,19H,3-12,16-18H2,1-2H3. The van der Waals surface area contributed by atoms with Crippen molar-refractivity contribution >= 4 is 0 Å². The van der Waals surface area contributed by atoms with Crippen LogP contribution in [0.4, 0.5) is 0 Å². The molecule has 19 heavy (non-hydrogen) atoms. The first-order valence-electron chi connectivity index (χ1n) is 8.03. The van der Waals surface area contributed by atoms with Crippen molar-refractivity contribution in [2.75, 3.05) is 19.6 Å². The van der Waals surface area contributed by atoms with E-state index in [0.29, 0.717) is 11.8 Å². The highest BCUT2D eigenvalue weighted by Crippen LogP contribution is 2.11. The van der Waals surface area contributed by atoms with Crippen molar-refractivity contribution in [1.82, 2.24) is 5.32 Å². The molecule has 3 unspecified atom stereocenters. The highest BCUT2D eigenvalue weighted by molar-refractivity contribution is 4.68. The van der Waals surface area contributed by atoms with Crippen LogP contribution in [0.15, 0.2) is 0 Å². The van der Waals surface area contributed by atoms with Crippen LogP contribution in [0, 0.1) is 11.8 Å². The van der Waals surface area contributed by atoms with Gasteiger partial charge in [-0.15, -0.1) is 0 Å². The van der Waals surface area contributed by atoms with Gasteiger partial charge in [0.1, 0.15) is 0 Å². The van der Waals surface area contributed by atoms with Gasteiger partial charge in [-0.1, -0.05) is 39.5 Å². The summed E-state index contributed by atoms with van der Waals surface area (Å²) >= 11 is 0. The van der Waals surface area contributed by atoms with Gasteiger partial charge in [-0.25, -0.2) is 0 Å². The summed E-state index contributed by atoms with van der Waals surface area (Å²) in [5.74, 6) is 1.25. The third-order valence-electron chi connectivity index (χ3n) is 3.88. The number of nitrogens with two attached hydrogens (primary N) is 3. The summed E-state index contributed by atoms with van der Waals surface area (Å²) in [6.07, 6.45) is 8.50. The van der Waals surface area contributed by atoms with Crippen molar-refractivity contribution in [2.45, 2.75) is 65.0 Å². The normalized spacial score (nSPS) is 16.3. The maximum absolute atomic E-state index is 6.09. The van der Waals surface area contributed by atoms with E-state index in [-0.39, 0.29) is 6.17 Å². The van der Waals surface area contributed by atoms with Gasteiger partial charge in [-0.2, -0.15) is 0 Å². The molecule has 0 aliphatic carbocycles. The van der Waals surface area contributed by atoms with Gasteiger partial charge in [0.05, 0.1) is 6.17 Å². The first-order chi connectivity index (χ1) is 9.13. The highest BCUT2D eigenvalue weighted by Gasteiger charge is 2.11. The molecule has 7 N–H and O–H groups in total. The molecule has 0 rings (SSSR count). The van der Waals surface area contributed by atoms with Crippen LogP contribution in [-0.4, -0.2) is 25.8 Å². The van der Waals surface area contributed by atoms with Gasteiger partial charge in [0.2, 0.25) is 0 Å². The molecule has 0 bridgehead atoms. The van der Waals surface area contributed by atoms with Crippen LogP contribution in [0.25, 0.3) is 0 Å². The van der Waals surface area contributed by atoms with Gasteiger partial charge >= 0.3 is 0 Å². The number of rotatable bonds is 13. The Morgan fingerprint density at radius 1 is 1.05 bits per heavy atom. The maximum atomic E-state index is 6.09. The molecule has 0 saturated heterocycles. The zero-order valence-corrected chi connectivity index (χ0v) is 13.0. The molecule has 4 nitrogen and oxygen atoms in total. The van der Waals surface area contributed by atoms with E-state index in [1.807, 2.05) is 0 Å². The molecule has 0 fully saturated rings. The van der Waals surface area contributed by atoms with E-state index >= 15 is 0 Å². The Kier molecular flexibility index (Phi) is 12.7. The zero-order chi connectivity index (χ0) is 14.5. The van der Waals surface area contributed by atoms with E-state index in [4.69, 9.17) is 17.2 Å². The first kappa shape index (κ1) is 18.8. The van der Waals surface area contributed by atoms with Crippen molar-refractivity contribution in [1.29, 1.82) is 0 Å². The molecule has 0 spiro atoms. The Morgan fingerprint density at radius 2 is 1.74 bits per heavy atom. The minimum Gasteiger partial charge on any atom is -0.330 e. The lowest BCUT2D eigenvalue weighted by Gasteiger charge is -2.21. The van der Waals surface area contributed by atoms with E-state index in [2.05, 4.69) is 19.2 Å². The summed E-state index contributed by atoms with van der Waals surface area (Å²) in [7, 11) is 0. The van der Waals surface area contributed by atoms with Crippen molar-refractivity contribution in [3.05, 3.63) is 0 Å². The first-order valence-corrected chi connectivity index (χ1v) is 8.03. The fourth-order valence-electron chi connectivity index (χ4n) is 2.32. The van der Waals surface area contributed by atoms with Crippen molar-refractivity contribution < 1.29 is 0 Å². The van der Waals surface area contributed by atoms with E-state index in [1.165, 1.54) is 25.7 Å². The molecule has 0 aliphatic heterocycles. The second-order valence-corrected chi connectivity index (χ2v) is 5.86. The fraction of sp³-hybridized carbons (Fsp3) is 1.00. The Labute approximate surface area is 119 Å². The maximum Gasteiger partial charge on any atom is 0.0549 e. The Bertz CT molecular complexity index is 183. The number of hydrogen-bond donors (Lipinski definition) is 4. The van der Waals surface area contributed by atoms with Gasteiger partial charge < -0.3 is 22.5 Å². The molecule has 4 heteroatoms. The number of hydrogen-bond acceptors (Lipinski definition) is 4. The van der Waals surface area contributed by atoms with Crippen LogP contribution >= 0.6 is 0 Å². The summed E-state index contributed by atoms with van der Waals surface area (Å²) < 4.78 is 0. The molecule has 3 atom stereocenters. The van der Waals surface area contributed by atoms with Crippen molar-refractivity contribution in [3.8, 4) is 0 Å². The average Bonchev–Trinajstić information content (AvgIpc) is 2.42. The van der Waals surface area contributed by atoms with E-state index in [1.54, 1.807) is 0 Å². The van der Waals surface area contributed by atoms with Gasteiger partial charge in [0, 0.05) is 0 Å². The van der Waals surface area contributed by atoms with Gasteiger partial charge in [0.15, 0.2) is 0 Å². The predicted octanol–water partition coefficient (Wildman–Crippen LogP) is 1.78. The van der Waals surface area contributed by atoms with Gasteiger partial charge in [0.25, 0.3) is 0 Å². The van der Waals surface area contributed by atoms with Gasteiger partial charge in [-0.05, 0) is 50.7 Å². The minimum atomic E-state index is 0.0909. The van der Waals surface area contributed by atoms with Gasteiger partial charge in [-0.3, -0.25) is 0 Å². The SMILES string of the molecule is CCC(CN)CC(N)NCC(C)CCCCCCN. The molecule has 0 radical (unpaired) electrons. The third kappa shape index (κ3) is 11.4. The van der Waals surface area contributed by atoms with E-state index in [0.717, 1.165) is 38.9 Å². The molecule has 0 amide bonds. The molecule has 0 saturated carbocycles. The molecule has 0 aliphatic rings. The number of nitrogens with one attached hydrogen (secondary N) is 1. The lowest BCUT2D eigenvalue weighted by atomic mass is 10.00. The molecular formula is C15H36N4. The molecule has 0 aromatic rings. The smallest absolute Gasteiger partial charge is 0.0549 e. The lowest BCUT2D eigenvalue weighted by molar-refractivity contribution is 0.356. The molecule has 116 valence electrons. The molecule has 0 aromatic heterocycles. The summed E-state index contributed by atoms with van der Waals surface area (Å²) in [4.78, 5) is 0. The fourth-order valence-corrected chi connectivity index (χ4v) is 2.32. The minimum absolute atomic E-state index is 0.0909. The molecular weight excluding hydrogens is 236 g/mol. The van der Waals surface area contributed by atoms with E-state index < -0.39 is 0 Å². The van der Waals surface area contributed by atoms with Crippen molar-refractivity contribution in [3.63, 3.8) is 0 Å². The van der Waals surface area contributed by atoms with Crippen LogP contribution in [0.5, 0.6) is 0 Å². The lowest BCUT2D eigenvalue weighted by Crippen LogP contribution is -2.42. The Hall–Kier alpha value is -0.160. The zero-order valence-electron chi connectivity index (χ0n) is 13.0. The second kappa shape index (κ2) is 12.9. The van der Waals surface area contributed by atoms with Crippen LogP contribution in [0.2, 0.25) is 0 Å². The number of unbranched alkanes of at least 4 members (excludes halogenated alkanes) is 3. The highest BCUT2D eigenvalue weighted by atomic mass is 15.0. The average molecular weight is 272 g/mol. The van der Waals surface area contributed by atoms with Crippen molar-refractivity contribution in [2.24, 2.45) is 29.0 Å². The van der Waals surface area contributed by atoms with Crippen LogP contribution in [0.1, 0.15) is 58.8 Å². The predicted molar refractivity (Wildman–Crippen MR) is 84.7 cm³/mol. The summed E-state index contributed by atoms with van der Waals surface area (Å²) in [6, 6.07) is 0. The summed E-state index contributed by atoms with van der Waals surface area (Å²) in [5, 5.41) is 3.44. The van der Waals surface area contributed by atoms with Crippen LogP contribution in [-0.2, 0) is 0 Å². The third-order valence-corrected chi connectivity index (χ3v) is 3.88. The second-order valence-electron chi connectivity index (χ2n) is 5.86. The molecule has 0 heterocycles.